The minimum atomic E-state index is -0.522. The zero-order chi connectivity index (χ0) is 18.6. The van der Waals surface area contributed by atoms with Crippen LogP contribution in [0.15, 0.2) is 36.5 Å². The van der Waals surface area contributed by atoms with Crippen LogP contribution in [0.1, 0.15) is 37.1 Å². The van der Waals surface area contributed by atoms with Gasteiger partial charge in [-0.25, -0.2) is 0 Å². The van der Waals surface area contributed by atoms with Crippen LogP contribution in [0.3, 0.4) is 0 Å². The molecule has 2 rings (SSSR count). The summed E-state index contributed by atoms with van der Waals surface area (Å²) in [6.07, 6.45) is 3.25. The van der Waals surface area contributed by atoms with Crippen LogP contribution in [0.25, 0.3) is 11.1 Å². The van der Waals surface area contributed by atoms with E-state index in [9.17, 15) is 4.79 Å². The van der Waals surface area contributed by atoms with Gasteiger partial charge in [-0.2, -0.15) is 0 Å². The number of rotatable bonds is 6. The number of esters is 1. The van der Waals surface area contributed by atoms with E-state index >= 15 is 0 Å². The van der Waals surface area contributed by atoms with Crippen molar-refractivity contribution in [1.29, 1.82) is 5.41 Å². The molecule has 5 heteroatoms. The Bertz CT molecular complexity index is 780. The van der Waals surface area contributed by atoms with Crippen LogP contribution in [0.5, 0.6) is 0 Å². The van der Waals surface area contributed by atoms with E-state index in [1.807, 2.05) is 51.2 Å². The van der Waals surface area contributed by atoms with Gasteiger partial charge < -0.3 is 10.5 Å². The molecule has 1 heterocycles. The fourth-order valence-corrected chi connectivity index (χ4v) is 2.70. The maximum absolute atomic E-state index is 11.8. The Hall–Kier alpha value is -2.69. The van der Waals surface area contributed by atoms with E-state index < -0.39 is 5.41 Å². The lowest BCUT2D eigenvalue weighted by molar-refractivity contribution is -0.151. The van der Waals surface area contributed by atoms with Gasteiger partial charge >= 0.3 is 5.97 Å². The first kappa shape index (κ1) is 18.6. The molecule has 0 aliphatic heterocycles. The van der Waals surface area contributed by atoms with Gasteiger partial charge in [-0.15, -0.1) is 0 Å². The molecule has 0 aliphatic rings. The predicted octanol–water partition coefficient (Wildman–Crippen LogP) is 3.47. The number of hydrogen-bond acceptors (Lipinski definition) is 4. The van der Waals surface area contributed by atoms with Crippen LogP contribution in [-0.2, 0) is 16.0 Å². The molecule has 0 unspecified atom stereocenters. The summed E-state index contributed by atoms with van der Waals surface area (Å²) in [6.45, 7) is 5.82. The fourth-order valence-electron chi connectivity index (χ4n) is 2.70. The lowest BCUT2D eigenvalue weighted by Crippen LogP contribution is -2.26. The van der Waals surface area contributed by atoms with Crippen molar-refractivity contribution >= 4 is 11.8 Å². The highest BCUT2D eigenvalue weighted by atomic mass is 16.5. The summed E-state index contributed by atoms with van der Waals surface area (Å²) in [7, 11) is 1.42. The molecule has 132 valence electrons. The van der Waals surface area contributed by atoms with Gasteiger partial charge in [0.1, 0.15) is 5.84 Å². The Morgan fingerprint density at radius 3 is 2.44 bits per heavy atom. The average molecular weight is 339 g/mol. The van der Waals surface area contributed by atoms with Crippen molar-refractivity contribution in [3.05, 3.63) is 53.3 Å². The normalized spacial score (nSPS) is 11.2. The third-order valence-corrected chi connectivity index (χ3v) is 4.42. The van der Waals surface area contributed by atoms with E-state index in [2.05, 4.69) is 11.1 Å². The van der Waals surface area contributed by atoms with E-state index in [0.29, 0.717) is 18.4 Å². The second-order valence-electron chi connectivity index (χ2n) is 6.86. The lowest BCUT2D eigenvalue weighted by Gasteiger charge is -2.21. The number of hydrogen-bond donors (Lipinski definition) is 2. The molecule has 0 saturated heterocycles. The smallest absolute Gasteiger partial charge is 0.311 e. The molecule has 0 atom stereocenters. The largest absolute Gasteiger partial charge is 0.469 e. The molecule has 25 heavy (non-hydrogen) atoms. The summed E-state index contributed by atoms with van der Waals surface area (Å²) >= 11 is 0. The third-order valence-electron chi connectivity index (χ3n) is 4.42. The van der Waals surface area contributed by atoms with Crippen LogP contribution < -0.4 is 5.73 Å². The Balaban J connectivity index is 2.15. The number of nitrogens with two attached hydrogens (primary N) is 1. The van der Waals surface area contributed by atoms with Crippen molar-refractivity contribution in [3.63, 3.8) is 0 Å². The Morgan fingerprint density at radius 2 is 1.92 bits per heavy atom. The molecule has 0 amide bonds. The van der Waals surface area contributed by atoms with Crippen molar-refractivity contribution < 1.29 is 9.53 Å². The molecule has 0 aliphatic carbocycles. The number of ether oxygens (including phenoxy) is 1. The lowest BCUT2D eigenvalue weighted by atomic mass is 9.87. The SMILES string of the molecule is COC(=O)C(C)(C)CCc1cc(C)c(-c2ccc(C(=N)N)cc2)cn1. The summed E-state index contributed by atoms with van der Waals surface area (Å²) in [5.74, 6) is -0.142. The zero-order valence-electron chi connectivity index (χ0n) is 15.2. The first-order valence-electron chi connectivity index (χ1n) is 8.23. The van der Waals surface area contributed by atoms with Crippen molar-refractivity contribution in [1.82, 2.24) is 4.98 Å². The minimum Gasteiger partial charge on any atom is -0.469 e. The molecule has 2 aromatic rings. The Labute approximate surface area is 148 Å². The Morgan fingerprint density at radius 1 is 1.28 bits per heavy atom. The van der Waals surface area contributed by atoms with Gasteiger partial charge in [0.15, 0.2) is 0 Å². The highest BCUT2D eigenvalue weighted by Gasteiger charge is 2.28. The van der Waals surface area contributed by atoms with Gasteiger partial charge in [0, 0.05) is 23.0 Å². The maximum atomic E-state index is 11.8. The van der Waals surface area contributed by atoms with Crippen LogP contribution in [0.4, 0.5) is 0 Å². The number of nitrogens with one attached hydrogen (secondary N) is 1. The minimum absolute atomic E-state index is 0.0602. The molecule has 1 aromatic heterocycles. The average Bonchev–Trinajstić information content (AvgIpc) is 2.59. The zero-order valence-corrected chi connectivity index (χ0v) is 15.2. The van der Waals surface area contributed by atoms with Crippen molar-refractivity contribution in [3.8, 4) is 11.1 Å². The topological polar surface area (TPSA) is 89.1 Å². The molecule has 0 fully saturated rings. The number of carbonyl (C=O) groups excluding carboxylic acids is 1. The van der Waals surface area contributed by atoms with E-state index in [0.717, 1.165) is 22.4 Å². The molecule has 1 aromatic carbocycles. The quantitative estimate of drug-likeness (QED) is 0.479. The molecule has 0 radical (unpaired) electrons. The van der Waals surface area contributed by atoms with E-state index in [1.54, 1.807) is 0 Å². The highest BCUT2D eigenvalue weighted by molar-refractivity contribution is 5.95. The molecule has 3 N–H and O–H groups in total. The van der Waals surface area contributed by atoms with Crippen molar-refractivity contribution in [2.75, 3.05) is 7.11 Å². The number of aryl methyl sites for hydroxylation is 2. The van der Waals surface area contributed by atoms with Crippen molar-refractivity contribution in [2.45, 2.75) is 33.6 Å². The summed E-state index contributed by atoms with van der Waals surface area (Å²) in [5.41, 5.74) is 9.84. The number of nitrogen functional groups attached to an aromatic ring is 1. The van der Waals surface area contributed by atoms with E-state index in [1.165, 1.54) is 7.11 Å². The van der Waals surface area contributed by atoms with Crippen LogP contribution >= 0.6 is 0 Å². The number of pyridine rings is 1. The van der Waals surface area contributed by atoms with E-state index in [-0.39, 0.29) is 11.8 Å². The highest BCUT2D eigenvalue weighted by Crippen LogP contribution is 2.27. The first-order valence-corrected chi connectivity index (χ1v) is 8.23. The number of amidine groups is 1. The number of methoxy groups -OCH3 is 1. The second kappa shape index (κ2) is 7.47. The predicted molar refractivity (Wildman–Crippen MR) is 99.5 cm³/mol. The summed E-state index contributed by atoms with van der Waals surface area (Å²) in [6, 6.07) is 9.62. The second-order valence-corrected chi connectivity index (χ2v) is 6.86. The molecular formula is C20H25N3O2. The van der Waals surface area contributed by atoms with Crippen LogP contribution in [0.2, 0.25) is 0 Å². The monoisotopic (exact) mass is 339 g/mol. The maximum Gasteiger partial charge on any atom is 0.311 e. The third kappa shape index (κ3) is 4.44. The van der Waals surface area contributed by atoms with Crippen LogP contribution in [-0.4, -0.2) is 23.9 Å². The number of benzene rings is 1. The molecule has 0 saturated carbocycles. The first-order chi connectivity index (χ1) is 11.7. The number of nitrogens with zero attached hydrogens (tertiary/aromatic N) is 1. The van der Waals surface area contributed by atoms with Gasteiger partial charge in [0.05, 0.1) is 12.5 Å². The van der Waals surface area contributed by atoms with Gasteiger partial charge in [0.2, 0.25) is 0 Å². The van der Waals surface area contributed by atoms with Gasteiger partial charge in [-0.3, -0.25) is 15.2 Å². The molecular weight excluding hydrogens is 314 g/mol. The Kier molecular flexibility index (Phi) is 5.57. The van der Waals surface area contributed by atoms with Gasteiger partial charge in [-0.05, 0) is 50.8 Å². The molecule has 0 spiro atoms. The molecule has 5 nitrogen and oxygen atoms in total. The van der Waals surface area contributed by atoms with Crippen LogP contribution in [0, 0.1) is 17.7 Å². The van der Waals surface area contributed by atoms with Crippen molar-refractivity contribution in [2.24, 2.45) is 11.1 Å². The van der Waals surface area contributed by atoms with Gasteiger partial charge in [0.25, 0.3) is 0 Å². The fraction of sp³-hybridized carbons (Fsp3) is 0.350. The van der Waals surface area contributed by atoms with Gasteiger partial charge in [-0.1, -0.05) is 24.3 Å². The molecule has 0 bridgehead atoms. The number of aromatic nitrogens is 1. The summed E-state index contributed by atoms with van der Waals surface area (Å²) < 4.78 is 4.85. The van der Waals surface area contributed by atoms with E-state index in [4.69, 9.17) is 15.9 Å². The number of carbonyl (C=O) groups is 1. The standard InChI is InChI=1S/C20H25N3O2/c1-13-11-16(9-10-20(2,3)19(24)25-4)23-12-17(13)14-5-7-15(8-6-14)18(21)22/h5-8,11-12H,9-10H2,1-4H3,(H3,21,22). The summed E-state index contributed by atoms with van der Waals surface area (Å²) in [4.78, 5) is 16.3. The summed E-state index contributed by atoms with van der Waals surface area (Å²) in [5, 5.41) is 7.45.